The number of carboxylic acid groups (broad SMARTS) is 1. The fourth-order valence-corrected chi connectivity index (χ4v) is 1.74. The second-order valence-electron chi connectivity index (χ2n) is 5.52. The molecule has 0 radical (unpaired) electrons. The summed E-state index contributed by atoms with van der Waals surface area (Å²) < 4.78 is 0. The fraction of sp³-hybridized carbons (Fsp3) is 0.526. The molecule has 0 aromatic rings. The molecule has 0 spiro atoms. The van der Waals surface area contributed by atoms with Crippen LogP contribution in [0.2, 0.25) is 0 Å². The average molecular weight is 322 g/mol. The normalized spacial score (nSPS) is 14.0. The smallest absolute Gasteiger partial charge is 0.325 e. The molecule has 0 aliphatic carbocycles. The number of hydrogen-bond donors (Lipinski definition) is 2. The molecule has 0 fully saturated rings. The fourth-order valence-electron chi connectivity index (χ4n) is 1.74. The van der Waals surface area contributed by atoms with Gasteiger partial charge in [-0.3, -0.25) is 9.69 Å². The molecule has 23 heavy (non-hydrogen) atoms. The quantitative estimate of drug-likeness (QED) is 0.664. The molecule has 1 atom stereocenters. The van der Waals surface area contributed by atoms with E-state index in [2.05, 4.69) is 25.7 Å². The monoisotopic (exact) mass is 322 g/mol. The lowest BCUT2D eigenvalue weighted by molar-refractivity contribution is -0.140. The van der Waals surface area contributed by atoms with Crippen molar-refractivity contribution < 1.29 is 9.90 Å². The van der Waals surface area contributed by atoms with E-state index >= 15 is 0 Å². The molecule has 4 nitrogen and oxygen atoms in total. The maximum atomic E-state index is 11.3. The van der Waals surface area contributed by atoms with Gasteiger partial charge in [0.25, 0.3) is 0 Å². The predicted octanol–water partition coefficient (Wildman–Crippen LogP) is 3.99. The summed E-state index contributed by atoms with van der Waals surface area (Å²) in [6.45, 7) is 11.8. The molecule has 0 saturated heterocycles. The van der Waals surface area contributed by atoms with Crippen LogP contribution >= 0.6 is 0 Å². The van der Waals surface area contributed by atoms with Crippen molar-refractivity contribution in [3.8, 4) is 0 Å². The Bertz CT molecular complexity index is 444. The Balaban J connectivity index is 0. The number of carbonyl (C=O) groups is 1. The van der Waals surface area contributed by atoms with Crippen molar-refractivity contribution in [1.29, 1.82) is 0 Å². The second-order valence-corrected chi connectivity index (χ2v) is 5.52. The molecule has 0 aliphatic heterocycles. The van der Waals surface area contributed by atoms with Gasteiger partial charge in [0.1, 0.15) is 6.04 Å². The SMILES string of the molecule is C=C\C=C/C(/C=C(\C)C(C(=O)O)N(C)C)=C(\C)NC.CCCC. The molecule has 0 heterocycles. The van der Waals surface area contributed by atoms with Gasteiger partial charge in [-0.15, -0.1) is 0 Å². The van der Waals surface area contributed by atoms with E-state index in [4.69, 9.17) is 0 Å². The van der Waals surface area contributed by atoms with Crippen LogP contribution in [-0.4, -0.2) is 43.2 Å². The van der Waals surface area contributed by atoms with E-state index in [9.17, 15) is 9.90 Å². The maximum Gasteiger partial charge on any atom is 0.325 e. The van der Waals surface area contributed by atoms with Crippen LogP contribution in [0.15, 0.2) is 47.7 Å². The average Bonchev–Trinajstić information content (AvgIpc) is 2.49. The van der Waals surface area contributed by atoms with Crippen LogP contribution in [0.1, 0.15) is 40.5 Å². The van der Waals surface area contributed by atoms with E-state index in [1.165, 1.54) is 12.8 Å². The number of aliphatic carboxylic acids is 1. The Morgan fingerprint density at radius 1 is 1.26 bits per heavy atom. The standard InChI is InChI=1S/C15H24N2O2.C4H10/c1-7-8-9-13(12(3)16-4)10-11(2)14(15(18)19)17(5)6;1-3-4-2/h7-10,14,16H,1H2,2-6H3,(H,18,19);3-4H2,1-2H3/b9-8-,11-10+,13-12-;. The zero-order valence-corrected chi connectivity index (χ0v) is 15.8. The Labute approximate surface area is 142 Å². The van der Waals surface area contributed by atoms with E-state index < -0.39 is 12.0 Å². The van der Waals surface area contributed by atoms with Crippen LogP contribution in [0.4, 0.5) is 0 Å². The zero-order chi connectivity index (χ0) is 18.4. The first-order valence-corrected chi connectivity index (χ1v) is 8.01. The number of unbranched alkanes of at least 4 members (excludes halogenated alkanes) is 1. The third-order valence-electron chi connectivity index (χ3n) is 3.28. The lowest BCUT2D eigenvalue weighted by Crippen LogP contribution is -2.36. The summed E-state index contributed by atoms with van der Waals surface area (Å²) in [6, 6.07) is -0.628. The van der Waals surface area contributed by atoms with E-state index in [0.717, 1.165) is 16.8 Å². The summed E-state index contributed by atoms with van der Waals surface area (Å²) in [5.41, 5.74) is 2.68. The first-order chi connectivity index (χ1) is 10.8. The summed E-state index contributed by atoms with van der Waals surface area (Å²) in [5.74, 6) is -0.854. The van der Waals surface area contributed by atoms with Gasteiger partial charge in [0.2, 0.25) is 0 Å². The molecule has 4 heteroatoms. The van der Waals surface area contributed by atoms with Gasteiger partial charge in [-0.05, 0) is 39.1 Å². The van der Waals surface area contributed by atoms with Crippen molar-refractivity contribution in [2.45, 2.75) is 46.6 Å². The molecular formula is C19H34N2O2. The molecule has 132 valence electrons. The molecular weight excluding hydrogens is 288 g/mol. The van der Waals surface area contributed by atoms with Gasteiger partial charge >= 0.3 is 5.97 Å². The first kappa shape index (κ1) is 23.5. The van der Waals surface area contributed by atoms with Crippen molar-refractivity contribution in [2.24, 2.45) is 0 Å². The third-order valence-corrected chi connectivity index (χ3v) is 3.28. The number of likely N-dealkylation sites (N-methyl/N-ethyl adjacent to an activating group) is 1. The van der Waals surface area contributed by atoms with Crippen LogP contribution in [-0.2, 0) is 4.79 Å². The highest BCUT2D eigenvalue weighted by Gasteiger charge is 2.21. The van der Waals surface area contributed by atoms with Crippen LogP contribution in [0, 0.1) is 0 Å². The number of nitrogens with one attached hydrogen (secondary N) is 1. The highest BCUT2D eigenvalue weighted by atomic mass is 16.4. The Morgan fingerprint density at radius 3 is 2.09 bits per heavy atom. The third kappa shape index (κ3) is 10.5. The summed E-state index contributed by atoms with van der Waals surface area (Å²) in [5, 5.41) is 12.3. The van der Waals surface area contributed by atoms with E-state index in [0.29, 0.717) is 0 Å². The largest absolute Gasteiger partial charge is 0.480 e. The van der Waals surface area contributed by atoms with Crippen LogP contribution in [0.25, 0.3) is 0 Å². The number of nitrogens with zero attached hydrogens (tertiary/aromatic N) is 1. The lowest BCUT2D eigenvalue weighted by atomic mass is 10.0. The molecule has 0 aromatic heterocycles. The Hall–Kier alpha value is -1.81. The first-order valence-electron chi connectivity index (χ1n) is 8.01. The molecule has 2 N–H and O–H groups in total. The number of rotatable bonds is 8. The van der Waals surface area contributed by atoms with Crippen molar-refractivity contribution in [1.82, 2.24) is 10.2 Å². The molecule has 0 aromatic carbocycles. The number of allylic oxidation sites excluding steroid dienone is 6. The highest BCUT2D eigenvalue weighted by Crippen LogP contribution is 2.14. The topological polar surface area (TPSA) is 52.6 Å². The minimum absolute atomic E-state index is 0.628. The minimum Gasteiger partial charge on any atom is -0.480 e. The lowest BCUT2D eigenvalue weighted by Gasteiger charge is -2.21. The number of carboxylic acids is 1. The molecule has 0 amide bonds. The van der Waals surface area contributed by atoms with Gasteiger partial charge < -0.3 is 10.4 Å². The number of hydrogen-bond acceptors (Lipinski definition) is 3. The molecule has 1 unspecified atom stereocenters. The predicted molar refractivity (Wildman–Crippen MR) is 101 cm³/mol. The molecule has 0 bridgehead atoms. The zero-order valence-electron chi connectivity index (χ0n) is 15.8. The van der Waals surface area contributed by atoms with Crippen molar-refractivity contribution in [2.75, 3.05) is 21.1 Å². The van der Waals surface area contributed by atoms with Crippen LogP contribution in [0.5, 0.6) is 0 Å². The summed E-state index contributed by atoms with van der Waals surface area (Å²) in [4.78, 5) is 12.9. The van der Waals surface area contributed by atoms with E-state index in [1.54, 1.807) is 25.1 Å². The molecule has 0 rings (SSSR count). The van der Waals surface area contributed by atoms with E-state index in [-0.39, 0.29) is 0 Å². The molecule has 0 aliphatic rings. The molecule has 0 saturated carbocycles. The van der Waals surface area contributed by atoms with Crippen LogP contribution < -0.4 is 5.32 Å². The van der Waals surface area contributed by atoms with E-state index in [1.807, 2.05) is 39.1 Å². The summed E-state index contributed by atoms with van der Waals surface area (Å²) >= 11 is 0. The summed E-state index contributed by atoms with van der Waals surface area (Å²) in [6.07, 6.45) is 9.93. The highest BCUT2D eigenvalue weighted by molar-refractivity contribution is 5.77. The van der Waals surface area contributed by atoms with Gasteiger partial charge in [-0.1, -0.05) is 57.6 Å². The maximum absolute atomic E-state index is 11.3. The van der Waals surface area contributed by atoms with Gasteiger partial charge in [-0.2, -0.15) is 0 Å². The van der Waals surface area contributed by atoms with Crippen LogP contribution in [0.3, 0.4) is 0 Å². The van der Waals surface area contributed by atoms with Crippen molar-refractivity contribution in [3.05, 3.63) is 47.7 Å². The van der Waals surface area contributed by atoms with Gasteiger partial charge in [-0.25, -0.2) is 0 Å². The van der Waals surface area contributed by atoms with Crippen molar-refractivity contribution in [3.63, 3.8) is 0 Å². The summed E-state index contributed by atoms with van der Waals surface area (Å²) in [7, 11) is 5.34. The second kappa shape index (κ2) is 13.8. The van der Waals surface area contributed by atoms with Gasteiger partial charge in [0.05, 0.1) is 0 Å². The van der Waals surface area contributed by atoms with Gasteiger partial charge in [0, 0.05) is 12.7 Å². The van der Waals surface area contributed by atoms with Crippen molar-refractivity contribution >= 4 is 5.97 Å². The Kier molecular flexibility index (Phi) is 14.1. The Morgan fingerprint density at radius 2 is 1.78 bits per heavy atom. The van der Waals surface area contributed by atoms with Gasteiger partial charge in [0.15, 0.2) is 0 Å². The minimum atomic E-state index is -0.854.